The lowest BCUT2D eigenvalue weighted by molar-refractivity contribution is 0.0940. The number of aromatic nitrogens is 2. The molecule has 1 amide bonds. The van der Waals surface area contributed by atoms with Gasteiger partial charge in [0.1, 0.15) is 17.7 Å². The summed E-state index contributed by atoms with van der Waals surface area (Å²) in [6, 6.07) is 12.7. The number of carbonyl (C=O) groups is 1. The van der Waals surface area contributed by atoms with Gasteiger partial charge in [0.05, 0.1) is 5.56 Å². The van der Waals surface area contributed by atoms with E-state index in [1.807, 2.05) is 13.1 Å². The Hall–Kier alpha value is -2.47. The Kier molecular flexibility index (Phi) is 4.76. The smallest absolute Gasteiger partial charge is 0.253 e. The van der Waals surface area contributed by atoms with Gasteiger partial charge in [-0.05, 0) is 45.8 Å². The molecule has 2 aromatic carbocycles. The van der Waals surface area contributed by atoms with Crippen molar-refractivity contribution in [3.8, 4) is 0 Å². The minimum Gasteiger partial charge on any atom is -0.338 e. The Morgan fingerprint density at radius 3 is 2.71 bits per heavy atom. The third kappa shape index (κ3) is 3.38. The van der Waals surface area contributed by atoms with E-state index in [2.05, 4.69) is 26.2 Å². The SMILES string of the molecule is Cn1ccnc1[C@@H](NC(=O)c1ccccc1Br)c1cccc(F)c1. The van der Waals surface area contributed by atoms with E-state index in [1.165, 1.54) is 12.1 Å². The number of halogens is 2. The zero-order valence-corrected chi connectivity index (χ0v) is 14.5. The number of imidazole rings is 1. The molecule has 0 aliphatic rings. The maximum Gasteiger partial charge on any atom is 0.253 e. The number of hydrogen-bond acceptors (Lipinski definition) is 2. The van der Waals surface area contributed by atoms with Crippen molar-refractivity contribution < 1.29 is 9.18 Å². The van der Waals surface area contributed by atoms with Gasteiger partial charge in [-0.1, -0.05) is 24.3 Å². The highest BCUT2D eigenvalue weighted by Gasteiger charge is 2.22. The van der Waals surface area contributed by atoms with E-state index in [9.17, 15) is 9.18 Å². The highest BCUT2D eigenvalue weighted by Crippen LogP contribution is 2.23. The summed E-state index contributed by atoms with van der Waals surface area (Å²) < 4.78 is 16.1. The van der Waals surface area contributed by atoms with Crippen LogP contribution in [0.15, 0.2) is 65.4 Å². The molecule has 6 heteroatoms. The van der Waals surface area contributed by atoms with Crippen molar-refractivity contribution in [2.24, 2.45) is 7.05 Å². The molecule has 0 spiro atoms. The van der Waals surface area contributed by atoms with Gasteiger partial charge < -0.3 is 9.88 Å². The van der Waals surface area contributed by atoms with Crippen molar-refractivity contribution in [2.75, 3.05) is 0 Å². The molecule has 122 valence electrons. The van der Waals surface area contributed by atoms with Crippen LogP contribution in [0.25, 0.3) is 0 Å². The van der Waals surface area contributed by atoms with Crippen molar-refractivity contribution in [3.63, 3.8) is 0 Å². The fraction of sp³-hybridized carbons (Fsp3) is 0.111. The average Bonchev–Trinajstić information content (AvgIpc) is 2.98. The molecule has 0 saturated heterocycles. The standard InChI is InChI=1S/C18H15BrFN3O/c1-23-10-9-21-17(23)16(12-5-4-6-13(20)11-12)22-18(24)14-7-2-3-8-15(14)19/h2-11,16H,1H3,(H,22,24)/t16-/m0/s1. The number of rotatable bonds is 4. The summed E-state index contributed by atoms with van der Waals surface area (Å²) in [5, 5.41) is 2.94. The van der Waals surface area contributed by atoms with E-state index in [-0.39, 0.29) is 11.7 Å². The zero-order valence-electron chi connectivity index (χ0n) is 12.9. The summed E-state index contributed by atoms with van der Waals surface area (Å²) in [6.45, 7) is 0. The Morgan fingerprint density at radius 2 is 2.04 bits per heavy atom. The molecule has 0 unspecified atom stereocenters. The topological polar surface area (TPSA) is 46.9 Å². The molecule has 1 atom stereocenters. The largest absolute Gasteiger partial charge is 0.338 e. The van der Waals surface area contributed by atoms with Crippen LogP contribution in [0.3, 0.4) is 0 Å². The van der Waals surface area contributed by atoms with E-state index < -0.39 is 6.04 Å². The second kappa shape index (κ2) is 6.97. The van der Waals surface area contributed by atoms with Gasteiger partial charge in [0, 0.05) is 23.9 Å². The summed E-state index contributed by atoms with van der Waals surface area (Å²) in [5.74, 6) is 0.00240. The number of amides is 1. The van der Waals surface area contributed by atoms with Crippen LogP contribution < -0.4 is 5.32 Å². The normalized spacial score (nSPS) is 12.0. The van der Waals surface area contributed by atoms with E-state index >= 15 is 0 Å². The number of nitrogens with one attached hydrogen (secondary N) is 1. The monoisotopic (exact) mass is 387 g/mol. The molecule has 0 saturated carbocycles. The van der Waals surface area contributed by atoms with E-state index in [0.29, 0.717) is 21.4 Å². The molecule has 24 heavy (non-hydrogen) atoms. The minimum atomic E-state index is -0.555. The van der Waals surface area contributed by atoms with Crippen LogP contribution in [0.5, 0.6) is 0 Å². The van der Waals surface area contributed by atoms with Crippen molar-refractivity contribution in [3.05, 3.63) is 88.2 Å². The first-order valence-electron chi connectivity index (χ1n) is 7.34. The molecule has 3 rings (SSSR count). The lowest BCUT2D eigenvalue weighted by atomic mass is 10.0. The van der Waals surface area contributed by atoms with Gasteiger partial charge in [-0.2, -0.15) is 0 Å². The molecule has 1 heterocycles. The second-order valence-electron chi connectivity index (χ2n) is 5.34. The number of nitrogens with zero attached hydrogens (tertiary/aromatic N) is 2. The molecular formula is C18H15BrFN3O. The first-order valence-corrected chi connectivity index (χ1v) is 8.13. The summed E-state index contributed by atoms with van der Waals surface area (Å²) >= 11 is 3.38. The summed E-state index contributed by atoms with van der Waals surface area (Å²) in [5.41, 5.74) is 1.14. The van der Waals surface area contributed by atoms with Crippen LogP contribution >= 0.6 is 15.9 Å². The lowest BCUT2D eigenvalue weighted by Crippen LogP contribution is -2.31. The van der Waals surface area contributed by atoms with Crippen molar-refractivity contribution in [1.82, 2.24) is 14.9 Å². The van der Waals surface area contributed by atoms with Gasteiger partial charge in [-0.25, -0.2) is 9.37 Å². The van der Waals surface area contributed by atoms with Gasteiger partial charge in [-0.3, -0.25) is 4.79 Å². The van der Waals surface area contributed by atoms with Crippen molar-refractivity contribution in [2.45, 2.75) is 6.04 Å². The lowest BCUT2D eigenvalue weighted by Gasteiger charge is -2.19. The van der Waals surface area contributed by atoms with Gasteiger partial charge in [0.15, 0.2) is 0 Å². The number of carbonyl (C=O) groups excluding carboxylic acids is 1. The van der Waals surface area contributed by atoms with Crippen LogP contribution in [0.1, 0.15) is 27.8 Å². The predicted octanol–water partition coefficient (Wildman–Crippen LogP) is 3.84. The van der Waals surface area contributed by atoms with Gasteiger partial charge in [0.2, 0.25) is 0 Å². The molecule has 3 aromatic rings. The van der Waals surface area contributed by atoms with Crippen LogP contribution in [0.4, 0.5) is 4.39 Å². The number of aryl methyl sites for hydroxylation is 1. The third-order valence-corrected chi connectivity index (χ3v) is 4.38. The van der Waals surface area contributed by atoms with Crippen LogP contribution in [0, 0.1) is 5.82 Å². The molecule has 0 fully saturated rings. The van der Waals surface area contributed by atoms with Crippen LogP contribution in [-0.4, -0.2) is 15.5 Å². The Morgan fingerprint density at radius 1 is 1.25 bits per heavy atom. The quantitative estimate of drug-likeness (QED) is 0.738. The third-order valence-electron chi connectivity index (χ3n) is 3.69. The summed E-state index contributed by atoms with van der Waals surface area (Å²) in [6.07, 6.45) is 3.43. The van der Waals surface area contributed by atoms with Crippen molar-refractivity contribution in [1.29, 1.82) is 0 Å². The van der Waals surface area contributed by atoms with Crippen molar-refractivity contribution >= 4 is 21.8 Å². The predicted molar refractivity (Wildman–Crippen MR) is 93.1 cm³/mol. The highest BCUT2D eigenvalue weighted by atomic mass is 79.9. The van der Waals surface area contributed by atoms with E-state index in [0.717, 1.165) is 0 Å². The number of benzene rings is 2. The maximum atomic E-state index is 13.6. The van der Waals surface area contributed by atoms with E-state index in [4.69, 9.17) is 0 Å². The molecular weight excluding hydrogens is 373 g/mol. The molecule has 4 nitrogen and oxygen atoms in total. The summed E-state index contributed by atoms with van der Waals surface area (Å²) in [4.78, 5) is 17.0. The van der Waals surface area contributed by atoms with Gasteiger partial charge >= 0.3 is 0 Å². The molecule has 0 aliphatic carbocycles. The Bertz CT molecular complexity index is 878. The highest BCUT2D eigenvalue weighted by molar-refractivity contribution is 9.10. The van der Waals surface area contributed by atoms with E-state index in [1.54, 1.807) is 47.3 Å². The summed E-state index contributed by atoms with van der Waals surface area (Å²) in [7, 11) is 1.83. The van der Waals surface area contributed by atoms with Crippen LogP contribution in [-0.2, 0) is 7.05 Å². The fourth-order valence-corrected chi connectivity index (χ4v) is 2.96. The molecule has 0 radical (unpaired) electrons. The number of hydrogen-bond donors (Lipinski definition) is 1. The van der Waals surface area contributed by atoms with Gasteiger partial charge in [-0.15, -0.1) is 0 Å². The minimum absolute atomic E-state index is 0.264. The first kappa shape index (κ1) is 16.4. The second-order valence-corrected chi connectivity index (χ2v) is 6.19. The Labute approximate surface area is 147 Å². The maximum absolute atomic E-state index is 13.6. The molecule has 0 aliphatic heterocycles. The Balaban J connectivity index is 1.98. The molecule has 0 bridgehead atoms. The van der Waals surface area contributed by atoms with Gasteiger partial charge in [0.25, 0.3) is 5.91 Å². The first-order chi connectivity index (χ1) is 11.6. The molecule has 1 N–H and O–H groups in total. The van der Waals surface area contributed by atoms with Crippen LogP contribution in [0.2, 0.25) is 0 Å². The average molecular weight is 388 g/mol. The fourth-order valence-electron chi connectivity index (χ4n) is 2.49. The zero-order chi connectivity index (χ0) is 17.1. The molecule has 1 aromatic heterocycles.